The molecule has 0 unspecified atom stereocenters. The first-order chi connectivity index (χ1) is 17.9. The van der Waals surface area contributed by atoms with E-state index in [0.717, 1.165) is 22.8 Å². The van der Waals surface area contributed by atoms with Gasteiger partial charge in [-0.25, -0.2) is 0 Å². The zero-order chi connectivity index (χ0) is 24.9. The van der Waals surface area contributed by atoms with Gasteiger partial charge in [-0.2, -0.15) is 47.6 Å². The second-order valence-corrected chi connectivity index (χ2v) is 6.91. The number of hydrogen-bond donors (Lipinski definition) is 0. The van der Waals surface area contributed by atoms with E-state index in [1.165, 1.54) is 0 Å². The van der Waals surface area contributed by atoms with E-state index in [0.29, 0.717) is 0 Å². The minimum atomic E-state index is 0. The standard InChI is InChI=1S/2C10H8N2.2C5H5N.Ru/c2*1-3-7-11-9(5-1)10-6-2-4-8-12-10;2*1-2-4-6-5-3-1;/h2*1-8H;2*1-5H;/q2*-2;;;+6. The Morgan fingerprint density at radius 2 is 0.622 bits per heavy atom. The molecule has 0 atom stereocenters. The zero-order valence-electron chi connectivity index (χ0n) is 20.0. The van der Waals surface area contributed by atoms with E-state index in [1.807, 2.05) is 109 Å². The second kappa shape index (κ2) is 18.8. The Hall–Kier alpha value is -4.48. The van der Waals surface area contributed by atoms with Crippen LogP contribution in [0.25, 0.3) is 21.3 Å². The molecule has 0 radical (unpaired) electrons. The summed E-state index contributed by atoms with van der Waals surface area (Å²) in [4.78, 5) is 7.57. The fourth-order valence-electron chi connectivity index (χ4n) is 2.68. The summed E-state index contributed by atoms with van der Waals surface area (Å²) < 4.78 is 0. The Kier molecular flexibility index (Phi) is 14.6. The Balaban J connectivity index is 0.000000181. The minimum Gasteiger partial charge on any atom is -0.665 e. The molecule has 0 spiro atoms. The van der Waals surface area contributed by atoms with Crippen LogP contribution in [0, 0.1) is 0 Å². The summed E-state index contributed by atoms with van der Waals surface area (Å²) in [6, 6.07) is 11.4. The largest absolute Gasteiger partial charge is 6.00 e. The molecule has 6 nitrogen and oxygen atoms in total. The molecule has 0 aromatic carbocycles. The predicted octanol–water partition coefficient (Wildman–Crippen LogP) is 8.39. The van der Waals surface area contributed by atoms with Crippen LogP contribution in [0.4, 0.5) is 0 Å². The number of rotatable bonds is 0. The van der Waals surface area contributed by atoms with Crippen molar-refractivity contribution in [1.29, 1.82) is 0 Å². The minimum absolute atomic E-state index is 0. The maximum atomic E-state index is 4.19. The van der Waals surface area contributed by atoms with Crippen LogP contribution in [0.5, 0.6) is 0 Å². The molecule has 37 heavy (non-hydrogen) atoms. The van der Waals surface area contributed by atoms with Gasteiger partial charge in [0.25, 0.3) is 0 Å². The monoisotopic (exact) mass is 572 g/mol. The van der Waals surface area contributed by atoms with Crippen molar-refractivity contribution in [2.24, 2.45) is 0 Å². The summed E-state index contributed by atoms with van der Waals surface area (Å²) in [5.74, 6) is 0. The van der Waals surface area contributed by atoms with Crippen LogP contribution >= 0.6 is 0 Å². The van der Waals surface area contributed by atoms with E-state index in [4.69, 9.17) is 0 Å². The third-order valence-corrected chi connectivity index (χ3v) is 4.32. The van der Waals surface area contributed by atoms with Crippen molar-refractivity contribution in [1.82, 2.24) is 9.97 Å². The van der Waals surface area contributed by atoms with Crippen LogP contribution in [0.1, 0.15) is 0 Å². The molecule has 0 N–H and O–H groups in total. The molecule has 0 saturated heterocycles. The van der Waals surface area contributed by atoms with Gasteiger partial charge in [-0.05, 0) is 24.3 Å². The van der Waals surface area contributed by atoms with Crippen molar-refractivity contribution >= 4 is 0 Å². The summed E-state index contributed by atoms with van der Waals surface area (Å²) in [5, 5.41) is 16.7. The zero-order valence-corrected chi connectivity index (χ0v) is 21.8. The van der Waals surface area contributed by atoms with Crippen molar-refractivity contribution in [3.63, 3.8) is 0 Å². The Morgan fingerprint density at radius 3 is 0.757 bits per heavy atom. The maximum Gasteiger partial charge on any atom is 6.00 e. The van der Waals surface area contributed by atoms with Gasteiger partial charge in [0.1, 0.15) is 0 Å². The van der Waals surface area contributed by atoms with Crippen LogP contribution < -0.4 is 0 Å². The van der Waals surface area contributed by atoms with Gasteiger partial charge in [-0.15, -0.1) is 0 Å². The number of nitrogens with zero attached hydrogens (tertiary/aromatic N) is 6. The Bertz CT molecular complexity index is 1000. The maximum absolute atomic E-state index is 4.19. The summed E-state index contributed by atoms with van der Waals surface area (Å²) in [5.41, 5.74) is 3.66. The summed E-state index contributed by atoms with van der Waals surface area (Å²) in [7, 11) is 0. The van der Waals surface area contributed by atoms with Crippen LogP contribution in [0.2, 0.25) is 0 Å². The summed E-state index contributed by atoms with van der Waals surface area (Å²) in [6.07, 6.45) is 37.3. The van der Waals surface area contributed by atoms with Crippen LogP contribution in [-0.2, 0) is 19.5 Å². The molecule has 0 saturated carbocycles. The van der Waals surface area contributed by atoms with Crippen molar-refractivity contribution in [2.75, 3.05) is 0 Å². The first-order valence-corrected chi connectivity index (χ1v) is 11.3. The molecule has 0 fully saturated rings. The third kappa shape index (κ3) is 12.2. The number of pyridine rings is 2. The molecule has 0 aliphatic carbocycles. The van der Waals surface area contributed by atoms with Crippen molar-refractivity contribution in [3.8, 4) is 0 Å². The number of aromatic nitrogens is 2. The van der Waals surface area contributed by atoms with Gasteiger partial charge in [-0.3, -0.25) is 9.97 Å². The van der Waals surface area contributed by atoms with Gasteiger partial charge in [0.2, 0.25) is 0 Å². The summed E-state index contributed by atoms with van der Waals surface area (Å²) in [6.45, 7) is 0. The molecular formula is C30H26N6Ru+2. The van der Waals surface area contributed by atoms with Crippen LogP contribution in [0.15, 0.2) is 182 Å². The Labute approximate surface area is 231 Å². The van der Waals surface area contributed by atoms with E-state index >= 15 is 0 Å². The molecular weight excluding hydrogens is 545 g/mol. The van der Waals surface area contributed by atoms with Gasteiger partial charge in [0, 0.05) is 24.8 Å². The SMILES string of the molecule is C1=C[N-]C(=C2C=CC=C[N-]2)C=C1.C1=C[N-]C(=C2C=CC=C[N-]2)C=C1.[Ru+6].c1ccncc1.c1ccncc1. The topological polar surface area (TPSA) is 82.2 Å². The molecule has 2 aromatic rings. The smallest absolute Gasteiger partial charge is 0.665 e. The molecule has 0 bridgehead atoms. The van der Waals surface area contributed by atoms with E-state index in [2.05, 4.69) is 31.2 Å². The molecule has 4 aliphatic heterocycles. The molecule has 7 heteroatoms. The number of allylic oxidation sites excluding steroid dienone is 12. The first-order valence-electron chi connectivity index (χ1n) is 11.3. The van der Waals surface area contributed by atoms with Crippen LogP contribution in [-0.4, -0.2) is 9.97 Å². The van der Waals surface area contributed by atoms with Crippen molar-refractivity contribution in [2.45, 2.75) is 0 Å². The van der Waals surface area contributed by atoms with Gasteiger partial charge >= 0.3 is 19.5 Å². The predicted molar refractivity (Wildman–Crippen MR) is 149 cm³/mol. The third-order valence-electron chi connectivity index (χ3n) is 4.32. The van der Waals surface area contributed by atoms with E-state index < -0.39 is 0 Å². The van der Waals surface area contributed by atoms with Gasteiger partial charge < -0.3 is 21.3 Å². The molecule has 182 valence electrons. The van der Waals surface area contributed by atoms with Crippen molar-refractivity contribution in [3.05, 3.63) is 203 Å². The second-order valence-electron chi connectivity index (χ2n) is 6.91. The average molecular weight is 572 g/mol. The van der Waals surface area contributed by atoms with Crippen molar-refractivity contribution < 1.29 is 19.5 Å². The van der Waals surface area contributed by atoms with Gasteiger partial charge in [0.15, 0.2) is 0 Å². The quantitative estimate of drug-likeness (QED) is 0.298. The van der Waals surface area contributed by atoms with E-state index in [-0.39, 0.29) is 19.5 Å². The molecule has 2 aromatic heterocycles. The Morgan fingerprint density at radius 1 is 0.351 bits per heavy atom. The first kappa shape index (κ1) is 28.8. The molecule has 0 amide bonds. The fraction of sp³-hybridized carbons (Fsp3) is 0. The fourth-order valence-corrected chi connectivity index (χ4v) is 2.68. The molecule has 6 heterocycles. The molecule has 4 aliphatic rings. The summed E-state index contributed by atoms with van der Waals surface area (Å²) >= 11 is 0. The average Bonchev–Trinajstić information content (AvgIpc) is 3.02. The number of hydrogen-bond acceptors (Lipinski definition) is 2. The molecule has 6 rings (SSSR count). The van der Waals surface area contributed by atoms with Gasteiger partial charge in [-0.1, -0.05) is 85.0 Å². The normalized spacial score (nSPS) is 19.0. The van der Waals surface area contributed by atoms with Gasteiger partial charge in [0.05, 0.1) is 0 Å². The van der Waals surface area contributed by atoms with Crippen LogP contribution in [0.3, 0.4) is 0 Å². The van der Waals surface area contributed by atoms with E-state index in [1.54, 1.807) is 49.6 Å². The van der Waals surface area contributed by atoms with E-state index in [9.17, 15) is 0 Å².